The molecule has 0 aliphatic carbocycles. The molecule has 0 N–H and O–H groups in total. The minimum Gasteiger partial charge on any atom is -0.484 e. The van der Waals surface area contributed by atoms with Crippen molar-refractivity contribution >= 4 is 27.8 Å². The van der Waals surface area contributed by atoms with Crippen molar-refractivity contribution in [3.63, 3.8) is 0 Å². The van der Waals surface area contributed by atoms with Gasteiger partial charge in [0.1, 0.15) is 23.9 Å². The van der Waals surface area contributed by atoms with Gasteiger partial charge in [-0.15, -0.1) is 0 Å². The fourth-order valence-corrected chi connectivity index (χ4v) is 3.23. The van der Waals surface area contributed by atoms with Gasteiger partial charge in [-0.1, -0.05) is 12.1 Å². The first kappa shape index (κ1) is 19.0. The van der Waals surface area contributed by atoms with Crippen LogP contribution in [-0.4, -0.2) is 10.4 Å². The fourth-order valence-electron chi connectivity index (χ4n) is 2.83. The average molecular weight is 448 g/mol. The molecule has 0 aliphatic rings. The first-order chi connectivity index (χ1) is 14.2. The number of carbonyl (C=O) groups excluding carboxylic acids is 1. The highest BCUT2D eigenvalue weighted by molar-refractivity contribution is 9.10. The topological polar surface area (TPSA) is 44.4 Å². The van der Waals surface area contributed by atoms with Crippen LogP contribution in [0.25, 0.3) is 11.8 Å². The van der Waals surface area contributed by atoms with Gasteiger partial charge in [-0.3, -0.25) is 4.79 Å². The van der Waals surface area contributed by atoms with Gasteiger partial charge in [0, 0.05) is 23.6 Å². The van der Waals surface area contributed by atoms with E-state index < -0.39 is 0 Å². The van der Waals surface area contributed by atoms with E-state index in [2.05, 4.69) is 15.9 Å². The summed E-state index contributed by atoms with van der Waals surface area (Å²) < 4.78 is 14.3. The Morgan fingerprint density at radius 2 is 1.72 bits per heavy atom. The molecule has 0 fully saturated rings. The predicted octanol–water partition coefficient (Wildman–Crippen LogP) is 6.31. The van der Waals surface area contributed by atoms with E-state index in [0.29, 0.717) is 23.7 Å². The first-order valence-corrected chi connectivity index (χ1v) is 9.90. The number of aromatic nitrogens is 1. The Hall–Kier alpha value is -3.31. The number of rotatable bonds is 7. The van der Waals surface area contributed by atoms with Crippen molar-refractivity contribution in [3.8, 4) is 11.4 Å². The number of furan rings is 1. The molecule has 0 saturated carbocycles. The van der Waals surface area contributed by atoms with Gasteiger partial charge in [0.05, 0.1) is 4.47 Å². The lowest BCUT2D eigenvalue weighted by molar-refractivity contribution is 0.104. The number of benzene rings is 2. The van der Waals surface area contributed by atoms with E-state index in [0.717, 1.165) is 15.9 Å². The lowest BCUT2D eigenvalue weighted by Gasteiger charge is -2.05. The highest BCUT2D eigenvalue weighted by Crippen LogP contribution is 2.25. The zero-order valence-electron chi connectivity index (χ0n) is 15.5. The van der Waals surface area contributed by atoms with Crippen LogP contribution in [0.3, 0.4) is 0 Å². The molecule has 2 aromatic heterocycles. The molecule has 0 amide bonds. The van der Waals surface area contributed by atoms with Crippen molar-refractivity contribution in [2.45, 2.75) is 6.61 Å². The van der Waals surface area contributed by atoms with Crippen molar-refractivity contribution in [1.82, 2.24) is 4.57 Å². The maximum atomic E-state index is 12.4. The lowest BCUT2D eigenvalue weighted by Crippen LogP contribution is -1.96. The molecule has 0 spiro atoms. The first-order valence-electron chi connectivity index (χ1n) is 9.11. The zero-order chi connectivity index (χ0) is 20.1. The highest BCUT2D eigenvalue weighted by atomic mass is 79.9. The van der Waals surface area contributed by atoms with Crippen molar-refractivity contribution in [1.29, 1.82) is 0 Å². The molecule has 4 nitrogen and oxygen atoms in total. The second-order valence-electron chi connectivity index (χ2n) is 6.36. The number of ether oxygens (including phenoxy) is 1. The summed E-state index contributed by atoms with van der Waals surface area (Å²) in [6.45, 7) is 0.311. The third-order valence-electron chi connectivity index (χ3n) is 4.34. The average Bonchev–Trinajstić information content (AvgIpc) is 3.44. The summed E-state index contributed by atoms with van der Waals surface area (Å²) in [6.07, 6.45) is 7.11. The maximum Gasteiger partial charge on any atom is 0.185 e. The standard InChI is InChI=1S/C24H18BrNO3/c25-22-5-1-2-6-24(22)28-17-21-12-11-20(29-21)13-14-23(27)18-7-9-19(10-8-18)26-15-3-4-16-26/h1-16H,17H2/b14-13+. The molecule has 4 aromatic rings. The monoisotopic (exact) mass is 447 g/mol. The lowest BCUT2D eigenvalue weighted by atomic mass is 10.1. The number of hydrogen-bond donors (Lipinski definition) is 0. The number of hydrogen-bond acceptors (Lipinski definition) is 3. The van der Waals surface area contributed by atoms with Crippen molar-refractivity contribution < 1.29 is 13.9 Å². The smallest absolute Gasteiger partial charge is 0.185 e. The van der Waals surface area contributed by atoms with Gasteiger partial charge in [0.25, 0.3) is 0 Å². The Balaban J connectivity index is 1.36. The number of nitrogens with zero attached hydrogens (tertiary/aromatic N) is 1. The van der Waals surface area contributed by atoms with E-state index in [1.165, 1.54) is 6.08 Å². The summed E-state index contributed by atoms with van der Waals surface area (Å²) in [5, 5.41) is 0. The molecule has 0 radical (unpaired) electrons. The molecule has 0 unspecified atom stereocenters. The Kier molecular flexibility index (Phi) is 5.77. The Labute approximate surface area is 177 Å². The fraction of sp³-hybridized carbons (Fsp3) is 0.0417. The van der Waals surface area contributed by atoms with E-state index in [1.807, 2.05) is 89.8 Å². The Morgan fingerprint density at radius 3 is 2.48 bits per heavy atom. The van der Waals surface area contributed by atoms with Crippen LogP contribution < -0.4 is 4.74 Å². The largest absolute Gasteiger partial charge is 0.484 e. The minimum absolute atomic E-state index is 0.0773. The molecule has 0 saturated heterocycles. The van der Waals surface area contributed by atoms with Crippen molar-refractivity contribution in [2.75, 3.05) is 0 Å². The van der Waals surface area contributed by atoms with Crippen LogP contribution in [0, 0.1) is 0 Å². The zero-order valence-corrected chi connectivity index (χ0v) is 17.1. The molecule has 0 atom stereocenters. The van der Waals surface area contributed by atoms with Gasteiger partial charge in [-0.25, -0.2) is 0 Å². The van der Waals surface area contributed by atoms with Gasteiger partial charge in [0.2, 0.25) is 0 Å². The molecule has 4 rings (SSSR count). The van der Waals surface area contributed by atoms with E-state index in [4.69, 9.17) is 9.15 Å². The van der Waals surface area contributed by atoms with E-state index in [1.54, 1.807) is 6.08 Å². The summed E-state index contributed by atoms with van der Waals surface area (Å²) in [5.41, 5.74) is 1.64. The van der Waals surface area contributed by atoms with Crippen molar-refractivity contribution in [2.24, 2.45) is 0 Å². The number of halogens is 1. The Morgan fingerprint density at radius 1 is 0.966 bits per heavy atom. The van der Waals surface area contributed by atoms with Gasteiger partial charge in [-0.2, -0.15) is 0 Å². The molecule has 0 bridgehead atoms. The second kappa shape index (κ2) is 8.80. The summed E-state index contributed by atoms with van der Waals surface area (Å²) in [7, 11) is 0. The second-order valence-corrected chi connectivity index (χ2v) is 7.21. The maximum absolute atomic E-state index is 12.4. The van der Waals surface area contributed by atoms with Gasteiger partial charge in [0.15, 0.2) is 5.78 Å². The van der Waals surface area contributed by atoms with Crippen molar-refractivity contribution in [3.05, 3.63) is 113 Å². The Bertz CT molecular complexity index is 1130. The normalized spacial score (nSPS) is 11.1. The molecule has 2 heterocycles. The van der Waals surface area contributed by atoms with E-state index in [9.17, 15) is 4.79 Å². The number of allylic oxidation sites excluding steroid dienone is 1. The SMILES string of the molecule is O=C(/C=C/c1ccc(COc2ccccc2Br)o1)c1ccc(-n2cccc2)cc1. The third kappa shape index (κ3) is 4.76. The van der Waals surface area contributed by atoms with Crippen LogP contribution in [0.2, 0.25) is 0 Å². The van der Waals surface area contributed by atoms with E-state index >= 15 is 0 Å². The van der Waals surface area contributed by atoms with Crippen LogP contribution in [-0.2, 0) is 6.61 Å². The summed E-state index contributed by atoms with van der Waals surface area (Å²) in [5.74, 6) is 1.96. The summed E-state index contributed by atoms with van der Waals surface area (Å²) in [6, 6.07) is 22.7. The third-order valence-corrected chi connectivity index (χ3v) is 5.00. The van der Waals surface area contributed by atoms with Crippen LogP contribution in [0.4, 0.5) is 0 Å². The van der Waals surface area contributed by atoms with Gasteiger partial charge < -0.3 is 13.7 Å². The van der Waals surface area contributed by atoms with Crippen LogP contribution >= 0.6 is 15.9 Å². The molecular weight excluding hydrogens is 430 g/mol. The van der Waals surface area contributed by atoms with Gasteiger partial charge in [-0.05, 0) is 88.7 Å². The number of carbonyl (C=O) groups is 1. The summed E-state index contributed by atoms with van der Waals surface area (Å²) in [4.78, 5) is 12.4. The molecule has 0 aliphatic heterocycles. The quantitative estimate of drug-likeness (QED) is 0.246. The molecule has 5 heteroatoms. The molecule has 2 aromatic carbocycles. The minimum atomic E-state index is -0.0773. The molecule has 144 valence electrons. The summed E-state index contributed by atoms with van der Waals surface area (Å²) >= 11 is 3.45. The molecule has 29 heavy (non-hydrogen) atoms. The highest BCUT2D eigenvalue weighted by Gasteiger charge is 2.06. The number of ketones is 1. The van der Waals surface area contributed by atoms with E-state index in [-0.39, 0.29) is 5.78 Å². The number of para-hydroxylation sites is 1. The van der Waals surface area contributed by atoms with Gasteiger partial charge >= 0.3 is 0 Å². The van der Waals surface area contributed by atoms with Crippen LogP contribution in [0.5, 0.6) is 5.75 Å². The van der Waals surface area contributed by atoms with Crippen LogP contribution in [0.15, 0.2) is 100 Å². The molecular formula is C24H18BrNO3. The predicted molar refractivity (Wildman–Crippen MR) is 116 cm³/mol. The van der Waals surface area contributed by atoms with Crippen LogP contribution in [0.1, 0.15) is 21.9 Å².